The van der Waals surface area contributed by atoms with Crippen LogP contribution in [0.4, 0.5) is 5.69 Å². The molecule has 1 N–H and O–H groups in total. The molecule has 0 aliphatic rings. The lowest BCUT2D eigenvalue weighted by molar-refractivity contribution is -0.122. The molecule has 0 saturated carbocycles. The molecule has 0 unspecified atom stereocenters. The molecule has 0 bridgehead atoms. The van der Waals surface area contributed by atoms with Crippen LogP contribution >= 0.6 is 0 Å². The van der Waals surface area contributed by atoms with Crippen molar-refractivity contribution in [3.8, 4) is 17.2 Å². The third-order valence-corrected chi connectivity index (χ3v) is 5.66. The maximum atomic E-state index is 12.9. The molecule has 0 aliphatic heterocycles. The highest BCUT2D eigenvalue weighted by molar-refractivity contribution is 7.92. The van der Waals surface area contributed by atoms with Gasteiger partial charge in [-0.2, -0.15) is 0 Å². The summed E-state index contributed by atoms with van der Waals surface area (Å²) in [5.41, 5.74) is 1.02. The maximum absolute atomic E-state index is 12.9. The van der Waals surface area contributed by atoms with Gasteiger partial charge in [-0.25, -0.2) is 8.42 Å². The van der Waals surface area contributed by atoms with Crippen LogP contribution in [0.3, 0.4) is 0 Å². The topological polar surface area (TPSA) is 94.2 Å². The van der Waals surface area contributed by atoms with Gasteiger partial charge in [0, 0.05) is 18.2 Å². The maximum Gasteiger partial charge on any atom is 0.243 e. The van der Waals surface area contributed by atoms with Crippen molar-refractivity contribution in [3.05, 3.63) is 48.0 Å². The summed E-state index contributed by atoms with van der Waals surface area (Å²) in [6.45, 7) is 4.09. The number of nitrogens with zero attached hydrogens (tertiary/aromatic N) is 1. The van der Waals surface area contributed by atoms with E-state index in [1.807, 2.05) is 31.2 Å². The van der Waals surface area contributed by atoms with E-state index in [2.05, 4.69) is 5.32 Å². The Labute approximate surface area is 177 Å². The molecule has 9 heteroatoms. The minimum atomic E-state index is -3.81. The lowest BCUT2D eigenvalue weighted by atomic mass is 10.2. The molecule has 1 atom stereocenters. The minimum absolute atomic E-state index is 0.201. The second-order valence-electron chi connectivity index (χ2n) is 6.53. The smallest absolute Gasteiger partial charge is 0.243 e. The van der Waals surface area contributed by atoms with E-state index in [1.165, 1.54) is 27.2 Å². The molecule has 2 rings (SSSR count). The number of amides is 1. The molecule has 0 saturated heterocycles. The first-order chi connectivity index (χ1) is 14.2. The van der Waals surface area contributed by atoms with Crippen LogP contribution in [-0.4, -0.2) is 47.4 Å². The SMILES string of the molecule is CCOc1ccccc1CNC(=O)[C@@H](C)N(c1cc(OC)ccc1OC)S(C)(=O)=O. The van der Waals surface area contributed by atoms with Crippen LogP contribution in [-0.2, 0) is 21.4 Å². The Hall–Kier alpha value is -2.94. The van der Waals surface area contributed by atoms with Crippen LogP contribution in [0.1, 0.15) is 19.4 Å². The van der Waals surface area contributed by atoms with Crippen LogP contribution in [0.5, 0.6) is 17.2 Å². The van der Waals surface area contributed by atoms with Crippen molar-refractivity contribution < 1.29 is 27.4 Å². The first kappa shape index (κ1) is 23.3. The third-order valence-electron chi connectivity index (χ3n) is 4.44. The quantitative estimate of drug-likeness (QED) is 0.615. The molecule has 1 amide bonds. The molecule has 0 spiro atoms. The Kier molecular flexibility index (Phi) is 7.93. The fourth-order valence-electron chi connectivity index (χ4n) is 3.03. The summed E-state index contributed by atoms with van der Waals surface area (Å²) >= 11 is 0. The number of anilines is 1. The van der Waals surface area contributed by atoms with Gasteiger partial charge in [0.15, 0.2) is 0 Å². The predicted octanol–water partition coefficient (Wildman–Crippen LogP) is 2.57. The Bertz CT molecular complexity index is 977. The average molecular weight is 437 g/mol. The van der Waals surface area contributed by atoms with Crippen LogP contribution in [0.2, 0.25) is 0 Å². The molecule has 2 aromatic carbocycles. The van der Waals surface area contributed by atoms with Gasteiger partial charge in [0.05, 0.1) is 32.8 Å². The molecule has 30 heavy (non-hydrogen) atoms. The minimum Gasteiger partial charge on any atom is -0.497 e. The van der Waals surface area contributed by atoms with Crippen molar-refractivity contribution in [3.63, 3.8) is 0 Å². The van der Waals surface area contributed by atoms with Gasteiger partial charge in [-0.3, -0.25) is 9.10 Å². The van der Waals surface area contributed by atoms with E-state index >= 15 is 0 Å². The molecule has 0 heterocycles. The zero-order valence-electron chi connectivity index (χ0n) is 17.8. The average Bonchev–Trinajstić information content (AvgIpc) is 2.72. The van der Waals surface area contributed by atoms with Crippen molar-refractivity contribution in [2.45, 2.75) is 26.4 Å². The summed E-state index contributed by atoms with van der Waals surface area (Å²) in [4.78, 5) is 12.9. The van der Waals surface area contributed by atoms with Crippen molar-refractivity contribution in [1.82, 2.24) is 5.32 Å². The monoisotopic (exact) mass is 436 g/mol. The number of ether oxygens (including phenoxy) is 3. The number of hydrogen-bond donors (Lipinski definition) is 1. The molecule has 0 radical (unpaired) electrons. The van der Waals surface area contributed by atoms with Gasteiger partial charge >= 0.3 is 0 Å². The molecule has 0 fully saturated rings. The van der Waals surface area contributed by atoms with Gasteiger partial charge in [0.1, 0.15) is 23.3 Å². The lowest BCUT2D eigenvalue weighted by Gasteiger charge is -2.29. The molecular weight excluding hydrogens is 408 g/mol. The molecule has 2 aromatic rings. The largest absolute Gasteiger partial charge is 0.497 e. The molecule has 0 aromatic heterocycles. The van der Waals surface area contributed by atoms with E-state index in [1.54, 1.807) is 12.1 Å². The second-order valence-corrected chi connectivity index (χ2v) is 8.39. The number of carbonyl (C=O) groups is 1. The van der Waals surface area contributed by atoms with Gasteiger partial charge in [-0.05, 0) is 32.0 Å². The predicted molar refractivity (Wildman–Crippen MR) is 116 cm³/mol. The van der Waals surface area contributed by atoms with Crippen molar-refractivity contribution in [1.29, 1.82) is 0 Å². The first-order valence-corrected chi connectivity index (χ1v) is 11.3. The summed E-state index contributed by atoms with van der Waals surface area (Å²) < 4.78 is 42.3. The molecule has 8 nitrogen and oxygen atoms in total. The van der Waals surface area contributed by atoms with Crippen molar-refractivity contribution in [2.75, 3.05) is 31.4 Å². The highest BCUT2D eigenvalue weighted by Crippen LogP contribution is 2.35. The number of nitrogens with one attached hydrogen (secondary N) is 1. The van der Waals surface area contributed by atoms with E-state index in [-0.39, 0.29) is 12.2 Å². The Balaban J connectivity index is 2.31. The standard InChI is InChI=1S/C21H28N2O6S/c1-6-29-19-10-8-7-9-16(19)14-22-21(24)15(2)23(30(5,25)26)18-13-17(27-3)11-12-20(18)28-4/h7-13,15H,6,14H2,1-5H3,(H,22,24)/t15-/m1/s1. The second kappa shape index (κ2) is 10.2. The zero-order chi connectivity index (χ0) is 22.3. The highest BCUT2D eigenvalue weighted by atomic mass is 32.2. The fraction of sp³-hybridized carbons (Fsp3) is 0.381. The van der Waals surface area contributed by atoms with Crippen LogP contribution in [0.25, 0.3) is 0 Å². The number of carbonyl (C=O) groups excluding carboxylic acids is 1. The van der Waals surface area contributed by atoms with E-state index in [0.29, 0.717) is 23.9 Å². The van der Waals surface area contributed by atoms with Crippen molar-refractivity contribution >= 4 is 21.6 Å². The van der Waals surface area contributed by atoms with Gasteiger partial charge < -0.3 is 19.5 Å². The number of methoxy groups -OCH3 is 2. The Morgan fingerprint density at radius 3 is 2.40 bits per heavy atom. The summed E-state index contributed by atoms with van der Waals surface area (Å²) in [6.07, 6.45) is 1.04. The third kappa shape index (κ3) is 5.56. The number of hydrogen-bond acceptors (Lipinski definition) is 6. The number of sulfonamides is 1. The van der Waals surface area contributed by atoms with Crippen molar-refractivity contribution in [2.24, 2.45) is 0 Å². The number of benzene rings is 2. The lowest BCUT2D eigenvalue weighted by Crippen LogP contribution is -2.47. The summed E-state index contributed by atoms with van der Waals surface area (Å²) in [7, 11) is -0.901. The van der Waals surface area contributed by atoms with E-state index in [9.17, 15) is 13.2 Å². The van der Waals surface area contributed by atoms with Crippen LogP contribution < -0.4 is 23.8 Å². The fourth-order valence-corrected chi connectivity index (χ4v) is 4.20. The molecular formula is C21H28N2O6S. The van der Waals surface area contributed by atoms with Crippen LogP contribution in [0.15, 0.2) is 42.5 Å². The zero-order valence-corrected chi connectivity index (χ0v) is 18.7. The van der Waals surface area contributed by atoms with E-state index in [4.69, 9.17) is 14.2 Å². The van der Waals surface area contributed by atoms with Gasteiger partial charge in [-0.15, -0.1) is 0 Å². The molecule has 0 aliphatic carbocycles. The van der Waals surface area contributed by atoms with Gasteiger partial charge in [0.2, 0.25) is 15.9 Å². The first-order valence-electron chi connectivity index (χ1n) is 9.42. The van der Waals surface area contributed by atoms with Gasteiger partial charge in [0.25, 0.3) is 0 Å². The normalized spacial score (nSPS) is 12.0. The number of para-hydroxylation sites is 1. The highest BCUT2D eigenvalue weighted by Gasteiger charge is 2.31. The number of rotatable bonds is 10. The summed E-state index contributed by atoms with van der Waals surface area (Å²) in [5.74, 6) is 0.958. The Morgan fingerprint density at radius 2 is 1.80 bits per heavy atom. The van der Waals surface area contributed by atoms with Gasteiger partial charge in [-0.1, -0.05) is 18.2 Å². The van der Waals surface area contributed by atoms with E-state index in [0.717, 1.165) is 16.1 Å². The van der Waals surface area contributed by atoms with Crippen LogP contribution in [0, 0.1) is 0 Å². The van der Waals surface area contributed by atoms with E-state index < -0.39 is 22.0 Å². The summed E-state index contributed by atoms with van der Waals surface area (Å²) in [5, 5.41) is 2.79. The summed E-state index contributed by atoms with van der Waals surface area (Å²) in [6, 6.07) is 11.1. The molecule has 164 valence electrons. The Morgan fingerprint density at radius 1 is 1.10 bits per heavy atom.